The number of ether oxygens (including phenoxy) is 2. The zero-order chi connectivity index (χ0) is 20.9. The Morgan fingerprint density at radius 2 is 2.07 bits per heavy atom. The number of nitrogens with zero attached hydrogens (tertiary/aromatic N) is 1. The number of aliphatic imine (C=N–C) groups is 1. The molecule has 1 fully saturated rings. The molecule has 1 heterocycles. The lowest BCUT2D eigenvalue weighted by Gasteiger charge is -2.15. The fraction of sp³-hybridized carbons (Fsp3) is 0.636. The van der Waals surface area contributed by atoms with Crippen molar-refractivity contribution in [1.29, 1.82) is 0 Å². The molecule has 1 aliphatic rings. The van der Waals surface area contributed by atoms with Gasteiger partial charge in [-0.2, -0.15) is 0 Å². The second-order valence-corrected chi connectivity index (χ2v) is 7.37. The quantitative estimate of drug-likeness (QED) is 0.232. The van der Waals surface area contributed by atoms with E-state index in [1.807, 2.05) is 13.8 Å². The first-order valence-electron chi connectivity index (χ1n) is 10.7. The summed E-state index contributed by atoms with van der Waals surface area (Å²) < 4.78 is 11.5. The van der Waals surface area contributed by atoms with Crippen molar-refractivity contribution < 1.29 is 14.3 Å². The smallest absolute Gasteiger partial charge is 0.221 e. The van der Waals surface area contributed by atoms with Crippen LogP contribution in [0.2, 0.25) is 0 Å². The van der Waals surface area contributed by atoms with E-state index in [0.717, 1.165) is 50.5 Å². The molecule has 170 valence electrons. The molecule has 0 aromatic heterocycles. The minimum Gasteiger partial charge on any atom is -0.493 e. The molecule has 1 aromatic carbocycles. The summed E-state index contributed by atoms with van der Waals surface area (Å²) in [5.41, 5.74) is 2.21. The van der Waals surface area contributed by atoms with Crippen molar-refractivity contribution in [3.05, 3.63) is 29.3 Å². The third-order valence-electron chi connectivity index (χ3n) is 4.69. The minimum atomic E-state index is 0. The molecule has 1 aromatic rings. The molecule has 0 aliphatic carbocycles. The first-order valence-corrected chi connectivity index (χ1v) is 10.7. The highest BCUT2D eigenvalue weighted by atomic mass is 127. The van der Waals surface area contributed by atoms with Crippen LogP contribution in [0.5, 0.6) is 5.75 Å². The maximum absolute atomic E-state index is 11.7. The Kier molecular flexibility index (Phi) is 13.5. The fourth-order valence-electron chi connectivity index (χ4n) is 3.00. The molecule has 30 heavy (non-hydrogen) atoms. The highest BCUT2D eigenvalue weighted by Gasteiger charge is 2.17. The van der Waals surface area contributed by atoms with E-state index < -0.39 is 0 Å². The molecule has 0 saturated carbocycles. The van der Waals surface area contributed by atoms with Crippen molar-refractivity contribution in [3.8, 4) is 5.75 Å². The first kappa shape index (κ1) is 26.5. The van der Waals surface area contributed by atoms with Crippen LogP contribution in [-0.4, -0.2) is 51.3 Å². The first-order chi connectivity index (χ1) is 14.1. The zero-order valence-electron chi connectivity index (χ0n) is 18.5. The molecule has 1 saturated heterocycles. The minimum absolute atomic E-state index is 0. The maximum atomic E-state index is 11.7. The Bertz CT molecular complexity index is 664. The predicted octanol–water partition coefficient (Wildman–Crippen LogP) is 3.00. The molecular weight excluding hydrogens is 495 g/mol. The lowest BCUT2D eigenvalue weighted by atomic mass is 10.1. The van der Waals surface area contributed by atoms with Gasteiger partial charge in [-0.1, -0.05) is 19.1 Å². The summed E-state index contributed by atoms with van der Waals surface area (Å²) in [6.45, 7) is 10.9. The summed E-state index contributed by atoms with van der Waals surface area (Å²) in [6, 6.07) is 6.22. The van der Waals surface area contributed by atoms with Crippen LogP contribution in [0.15, 0.2) is 23.2 Å². The molecular formula is C22H37IN4O3. The van der Waals surface area contributed by atoms with Gasteiger partial charge in [0, 0.05) is 44.1 Å². The van der Waals surface area contributed by atoms with E-state index in [2.05, 4.69) is 46.1 Å². The van der Waals surface area contributed by atoms with E-state index >= 15 is 0 Å². The highest BCUT2D eigenvalue weighted by Crippen LogP contribution is 2.23. The van der Waals surface area contributed by atoms with E-state index in [4.69, 9.17) is 9.47 Å². The van der Waals surface area contributed by atoms with Gasteiger partial charge in [-0.05, 0) is 38.3 Å². The average Bonchev–Trinajstić information content (AvgIpc) is 3.23. The summed E-state index contributed by atoms with van der Waals surface area (Å²) in [5, 5.41) is 9.33. The van der Waals surface area contributed by atoms with Crippen molar-refractivity contribution in [2.24, 2.45) is 10.9 Å². The number of aryl methyl sites for hydroxylation is 1. The fourth-order valence-corrected chi connectivity index (χ4v) is 3.00. The van der Waals surface area contributed by atoms with Gasteiger partial charge in [0.05, 0.1) is 19.8 Å². The number of nitrogens with one attached hydrogen (secondary N) is 3. The van der Waals surface area contributed by atoms with Crippen molar-refractivity contribution in [2.75, 3.05) is 39.5 Å². The van der Waals surface area contributed by atoms with Gasteiger partial charge in [-0.3, -0.25) is 4.79 Å². The van der Waals surface area contributed by atoms with Gasteiger partial charge in [-0.25, -0.2) is 4.99 Å². The zero-order valence-corrected chi connectivity index (χ0v) is 20.8. The molecule has 1 atom stereocenters. The van der Waals surface area contributed by atoms with Gasteiger partial charge >= 0.3 is 0 Å². The normalized spacial score (nSPS) is 16.0. The summed E-state index contributed by atoms with van der Waals surface area (Å²) in [4.78, 5) is 16.4. The second-order valence-electron chi connectivity index (χ2n) is 7.37. The SMILES string of the molecule is CCCNC(=O)CCNC(=NCc1ccc(C)cc1OCC1CCOC1)NCC.I. The van der Waals surface area contributed by atoms with Crippen LogP contribution in [0.1, 0.15) is 44.2 Å². The molecule has 1 aliphatic heterocycles. The van der Waals surface area contributed by atoms with Gasteiger partial charge in [-0.15, -0.1) is 24.0 Å². The van der Waals surface area contributed by atoms with Crippen LogP contribution < -0.4 is 20.7 Å². The van der Waals surface area contributed by atoms with Crippen LogP contribution in [-0.2, 0) is 16.1 Å². The van der Waals surface area contributed by atoms with Crippen LogP contribution in [0.25, 0.3) is 0 Å². The molecule has 7 nitrogen and oxygen atoms in total. The third kappa shape index (κ3) is 9.97. The molecule has 3 N–H and O–H groups in total. The van der Waals surface area contributed by atoms with E-state index in [0.29, 0.717) is 38.0 Å². The molecule has 2 rings (SSSR count). The Labute approximate surface area is 197 Å². The van der Waals surface area contributed by atoms with Gasteiger partial charge in [0.25, 0.3) is 0 Å². The summed E-state index contributed by atoms with van der Waals surface area (Å²) in [7, 11) is 0. The Balaban J connectivity index is 0.00000450. The summed E-state index contributed by atoms with van der Waals surface area (Å²) in [6.07, 6.45) is 2.42. The lowest BCUT2D eigenvalue weighted by Crippen LogP contribution is -2.39. The number of carbonyl (C=O) groups excluding carboxylic acids is 1. The van der Waals surface area contributed by atoms with E-state index in [1.165, 1.54) is 5.56 Å². The number of benzene rings is 1. The molecule has 0 bridgehead atoms. The van der Waals surface area contributed by atoms with Crippen LogP contribution in [0.4, 0.5) is 0 Å². The second kappa shape index (κ2) is 15.3. The van der Waals surface area contributed by atoms with Crippen molar-refractivity contribution in [3.63, 3.8) is 0 Å². The number of halogens is 1. The number of rotatable bonds is 11. The lowest BCUT2D eigenvalue weighted by molar-refractivity contribution is -0.120. The van der Waals surface area contributed by atoms with Gasteiger partial charge < -0.3 is 25.4 Å². The Hall–Kier alpha value is -1.55. The van der Waals surface area contributed by atoms with Crippen LogP contribution >= 0.6 is 24.0 Å². The Morgan fingerprint density at radius 1 is 1.23 bits per heavy atom. The van der Waals surface area contributed by atoms with Crippen molar-refractivity contribution in [2.45, 2.75) is 46.6 Å². The third-order valence-corrected chi connectivity index (χ3v) is 4.69. The van der Waals surface area contributed by atoms with Crippen molar-refractivity contribution in [1.82, 2.24) is 16.0 Å². The average molecular weight is 532 g/mol. The standard InChI is InChI=1S/C22H36N4O3.HI/c1-4-10-24-21(27)8-11-25-22(23-5-2)26-14-19-7-6-17(3)13-20(19)29-16-18-9-12-28-15-18;/h6-7,13,18H,4-5,8-12,14-16H2,1-3H3,(H,24,27)(H2,23,25,26);1H. The van der Waals surface area contributed by atoms with Crippen LogP contribution in [0.3, 0.4) is 0 Å². The number of hydrogen-bond donors (Lipinski definition) is 3. The van der Waals surface area contributed by atoms with Gasteiger partial charge in [0.15, 0.2) is 5.96 Å². The van der Waals surface area contributed by atoms with Crippen molar-refractivity contribution >= 4 is 35.8 Å². The van der Waals surface area contributed by atoms with Gasteiger partial charge in [0.1, 0.15) is 5.75 Å². The summed E-state index contributed by atoms with van der Waals surface area (Å²) in [5.74, 6) is 2.10. The number of hydrogen-bond acceptors (Lipinski definition) is 4. The number of guanidine groups is 1. The number of amides is 1. The van der Waals surface area contributed by atoms with E-state index in [1.54, 1.807) is 0 Å². The molecule has 1 amide bonds. The Morgan fingerprint density at radius 3 is 2.77 bits per heavy atom. The summed E-state index contributed by atoms with van der Waals surface area (Å²) >= 11 is 0. The highest BCUT2D eigenvalue weighted by molar-refractivity contribution is 14.0. The topological polar surface area (TPSA) is 84.0 Å². The predicted molar refractivity (Wildman–Crippen MR) is 132 cm³/mol. The largest absolute Gasteiger partial charge is 0.493 e. The monoisotopic (exact) mass is 532 g/mol. The van der Waals surface area contributed by atoms with E-state index in [-0.39, 0.29) is 29.9 Å². The maximum Gasteiger partial charge on any atom is 0.221 e. The van der Waals surface area contributed by atoms with Crippen LogP contribution in [0, 0.1) is 12.8 Å². The number of carbonyl (C=O) groups is 1. The van der Waals surface area contributed by atoms with Gasteiger partial charge in [0.2, 0.25) is 5.91 Å². The molecule has 8 heteroatoms. The molecule has 0 spiro atoms. The molecule has 1 unspecified atom stereocenters. The van der Waals surface area contributed by atoms with E-state index in [9.17, 15) is 4.79 Å². The molecule has 0 radical (unpaired) electrons.